The number of carboxylic acid groups (broad SMARTS) is 1. The highest BCUT2D eigenvalue weighted by Crippen LogP contribution is 2.41. The molecule has 0 aromatic rings. The van der Waals surface area contributed by atoms with Crippen LogP contribution in [-0.4, -0.2) is 16.8 Å². The number of carbonyl (C=O) groups is 1. The first-order valence-electron chi connectivity index (χ1n) is 4.07. The van der Waals surface area contributed by atoms with E-state index in [1.807, 2.05) is 6.08 Å². The zero-order chi connectivity index (χ0) is 8.55. The maximum Gasteiger partial charge on any atom is 0.336 e. The predicted octanol–water partition coefficient (Wildman–Crippen LogP) is 2.18. The van der Waals surface area contributed by atoms with Gasteiger partial charge in [0.1, 0.15) is 0 Å². The Hall–Kier alpha value is -0.700. The molecule has 0 unspecified atom stereocenters. The van der Waals surface area contributed by atoms with Crippen LogP contribution in [0.2, 0.25) is 0 Å². The minimum absolute atomic E-state index is 0.541. The van der Waals surface area contributed by atoms with Crippen LogP contribution < -0.4 is 0 Å². The molecule has 0 spiro atoms. The average molecular weight is 182 g/mol. The first-order chi connectivity index (χ1) is 5.79. The van der Waals surface area contributed by atoms with Gasteiger partial charge in [-0.05, 0) is 19.3 Å². The SMILES string of the molecule is O=C(O)C1=CCCC2=C1SCC2. The fraction of sp³-hybridized carbons (Fsp3) is 0.444. The van der Waals surface area contributed by atoms with Gasteiger partial charge in [0.05, 0.1) is 5.57 Å². The summed E-state index contributed by atoms with van der Waals surface area (Å²) in [5.41, 5.74) is 1.90. The molecule has 64 valence electrons. The standard InChI is InChI=1S/C9H10O2S/c10-9(11)7-3-1-2-6-4-5-12-8(6)7/h3H,1-2,4-5H2,(H,10,11). The van der Waals surface area contributed by atoms with Crippen molar-refractivity contribution in [2.45, 2.75) is 19.3 Å². The second-order valence-electron chi connectivity index (χ2n) is 2.99. The third kappa shape index (κ3) is 1.18. The van der Waals surface area contributed by atoms with Crippen LogP contribution in [0.5, 0.6) is 0 Å². The van der Waals surface area contributed by atoms with Gasteiger partial charge in [-0.3, -0.25) is 0 Å². The molecule has 2 aliphatic rings. The number of carboxylic acids is 1. The third-order valence-electron chi connectivity index (χ3n) is 2.24. The maximum absolute atomic E-state index is 10.8. The lowest BCUT2D eigenvalue weighted by molar-refractivity contribution is -0.132. The summed E-state index contributed by atoms with van der Waals surface area (Å²) >= 11 is 1.69. The fourth-order valence-corrected chi connectivity index (χ4v) is 2.95. The number of rotatable bonds is 1. The summed E-state index contributed by atoms with van der Waals surface area (Å²) in [6.45, 7) is 0. The van der Waals surface area contributed by atoms with E-state index in [0.29, 0.717) is 5.57 Å². The molecule has 0 bridgehead atoms. The summed E-state index contributed by atoms with van der Waals surface area (Å²) in [5, 5.41) is 8.87. The normalized spacial score (nSPS) is 22.2. The minimum Gasteiger partial charge on any atom is -0.478 e. The summed E-state index contributed by atoms with van der Waals surface area (Å²) in [7, 11) is 0. The van der Waals surface area contributed by atoms with Gasteiger partial charge in [-0.15, -0.1) is 11.8 Å². The molecule has 1 N–H and O–H groups in total. The van der Waals surface area contributed by atoms with Gasteiger partial charge >= 0.3 is 5.97 Å². The van der Waals surface area contributed by atoms with E-state index in [0.717, 1.165) is 29.9 Å². The second kappa shape index (κ2) is 2.98. The zero-order valence-corrected chi connectivity index (χ0v) is 7.49. The molecule has 1 aliphatic carbocycles. The Kier molecular flexibility index (Phi) is 1.97. The van der Waals surface area contributed by atoms with E-state index in [-0.39, 0.29) is 0 Å². The van der Waals surface area contributed by atoms with Gasteiger partial charge in [0, 0.05) is 10.7 Å². The van der Waals surface area contributed by atoms with Crippen molar-refractivity contribution in [1.82, 2.24) is 0 Å². The Morgan fingerprint density at radius 2 is 2.33 bits per heavy atom. The van der Waals surface area contributed by atoms with Crippen LogP contribution in [0.4, 0.5) is 0 Å². The second-order valence-corrected chi connectivity index (χ2v) is 4.10. The highest BCUT2D eigenvalue weighted by Gasteiger charge is 2.24. The number of thioether (sulfide) groups is 1. The van der Waals surface area contributed by atoms with Crippen LogP contribution in [0.1, 0.15) is 19.3 Å². The third-order valence-corrected chi connectivity index (χ3v) is 3.45. The number of hydrogen-bond donors (Lipinski definition) is 1. The molecule has 0 radical (unpaired) electrons. The lowest BCUT2D eigenvalue weighted by Crippen LogP contribution is -2.05. The smallest absolute Gasteiger partial charge is 0.336 e. The van der Waals surface area contributed by atoms with Gasteiger partial charge in [-0.2, -0.15) is 0 Å². The zero-order valence-electron chi connectivity index (χ0n) is 6.67. The van der Waals surface area contributed by atoms with Crippen molar-refractivity contribution in [2.24, 2.45) is 0 Å². The molecule has 0 atom stereocenters. The molecule has 12 heavy (non-hydrogen) atoms. The number of hydrogen-bond acceptors (Lipinski definition) is 2. The van der Waals surface area contributed by atoms with Gasteiger partial charge in [0.25, 0.3) is 0 Å². The molecule has 2 rings (SSSR count). The molecule has 0 amide bonds. The van der Waals surface area contributed by atoms with Crippen molar-refractivity contribution in [3.05, 3.63) is 22.1 Å². The van der Waals surface area contributed by atoms with E-state index >= 15 is 0 Å². The van der Waals surface area contributed by atoms with Crippen molar-refractivity contribution in [1.29, 1.82) is 0 Å². The van der Waals surface area contributed by atoms with E-state index in [1.165, 1.54) is 5.57 Å². The van der Waals surface area contributed by atoms with Crippen molar-refractivity contribution in [3.8, 4) is 0 Å². The number of aliphatic carboxylic acids is 1. The predicted molar refractivity (Wildman–Crippen MR) is 49.1 cm³/mol. The molecule has 3 heteroatoms. The summed E-state index contributed by atoms with van der Waals surface area (Å²) in [5.74, 6) is 0.298. The molecule has 0 saturated heterocycles. The first kappa shape index (κ1) is 7.92. The molecule has 0 saturated carbocycles. The van der Waals surface area contributed by atoms with Crippen molar-refractivity contribution >= 4 is 17.7 Å². The Morgan fingerprint density at radius 1 is 1.50 bits per heavy atom. The Morgan fingerprint density at radius 3 is 3.08 bits per heavy atom. The Labute approximate surface area is 75.3 Å². The van der Waals surface area contributed by atoms with Gasteiger partial charge in [-0.25, -0.2) is 4.79 Å². The van der Waals surface area contributed by atoms with Crippen LogP contribution in [0.3, 0.4) is 0 Å². The van der Waals surface area contributed by atoms with Gasteiger partial charge in [-0.1, -0.05) is 11.6 Å². The van der Waals surface area contributed by atoms with Crippen LogP contribution >= 0.6 is 11.8 Å². The van der Waals surface area contributed by atoms with Crippen molar-refractivity contribution in [2.75, 3.05) is 5.75 Å². The summed E-state index contributed by atoms with van der Waals surface area (Å²) < 4.78 is 0. The van der Waals surface area contributed by atoms with Crippen molar-refractivity contribution < 1.29 is 9.90 Å². The van der Waals surface area contributed by atoms with E-state index in [1.54, 1.807) is 11.8 Å². The molecular formula is C9H10O2S. The first-order valence-corrected chi connectivity index (χ1v) is 5.06. The lowest BCUT2D eigenvalue weighted by atomic mass is 9.98. The van der Waals surface area contributed by atoms with Gasteiger partial charge in [0.2, 0.25) is 0 Å². The van der Waals surface area contributed by atoms with E-state index in [4.69, 9.17) is 5.11 Å². The molecule has 0 aromatic carbocycles. The summed E-state index contributed by atoms with van der Waals surface area (Å²) in [6, 6.07) is 0. The highest BCUT2D eigenvalue weighted by molar-refractivity contribution is 8.03. The molecule has 0 aromatic heterocycles. The number of allylic oxidation sites excluding steroid dienone is 2. The van der Waals surface area contributed by atoms with Gasteiger partial charge < -0.3 is 5.11 Å². The van der Waals surface area contributed by atoms with E-state index in [2.05, 4.69) is 0 Å². The molecule has 1 aliphatic heterocycles. The minimum atomic E-state index is -0.767. The largest absolute Gasteiger partial charge is 0.478 e. The Bertz CT molecular complexity index is 289. The van der Waals surface area contributed by atoms with Crippen molar-refractivity contribution in [3.63, 3.8) is 0 Å². The summed E-state index contributed by atoms with van der Waals surface area (Å²) in [4.78, 5) is 11.8. The van der Waals surface area contributed by atoms with Crippen LogP contribution in [0.15, 0.2) is 22.1 Å². The molecule has 1 heterocycles. The van der Waals surface area contributed by atoms with Crippen LogP contribution in [-0.2, 0) is 4.79 Å². The average Bonchev–Trinajstić information content (AvgIpc) is 2.49. The highest BCUT2D eigenvalue weighted by atomic mass is 32.2. The van der Waals surface area contributed by atoms with Crippen LogP contribution in [0.25, 0.3) is 0 Å². The Balaban J connectivity index is 2.34. The monoisotopic (exact) mass is 182 g/mol. The molecular weight excluding hydrogens is 172 g/mol. The van der Waals surface area contributed by atoms with Crippen LogP contribution in [0, 0.1) is 0 Å². The molecule has 2 nitrogen and oxygen atoms in total. The van der Waals surface area contributed by atoms with E-state index < -0.39 is 5.97 Å². The fourth-order valence-electron chi connectivity index (χ4n) is 1.67. The van der Waals surface area contributed by atoms with E-state index in [9.17, 15) is 4.79 Å². The lowest BCUT2D eigenvalue weighted by Gasteiger charge is -2.11. The van der Waals surface area contributed by atoms with Gasteiger partial charge in [0.15, 0.2) is 0 Å². The topological polar surface area (TPSA) is 37.3 Å². The molecule has 0 fully saturated rings. The summed E-state index contributed by atoms with van der Waals surface area (Å²) in [6.07, 6.45) is 4.91. The maximum atomic E-state index is 10.8. The quantitative estimate of drug-likeness (QED) is 0.675.